The van der Waals surface area contributed by atoms with Crippen molar-refractivity contribution in [1.29, 1.82) is 0 Å². The number of carbonyl (C=O) groups excluding carboxylic acids is 2. The first kappa shape index (κ1) is 25.5. The van der Waals surface area contributed by atoms with Crippen LogP contribution >= 0.6 is 0 Å². The standard InChI is InChI=1S/C26H31N5O4/c27-25(33)30-20-10-6-18(7-11-20)24(19-8-12-21(13-9-19)31-26(28)34)14-15-29-16-22(32)17-35-23-4-2-1-3-5-23/h1-13,22,24,29,32H,14-17H2,(H3,27,30,33)(H3,28,31,34)/t22-/m0/s1. The summed E-state index contributed by atoms with van der Waals surface area (Å²) in [6.45, 7) is 1.24. The number of urea groups is 2. The number of aliphatic hydroxyl groups is 1. The molecule has 3 aromatic carbocycles. The molecule has 0 spiro atoms. The van der Waals surface area contributed by atoms with Crippen LogP contribution in [-0.2, 0) is 0 Å². The number of nitrogens with two attached hydrogens (primary N) is 2. The molecule has 0 aliphatic heterocycles. The molecule has 0 radical (unpaired) electrons. The zero-order valence-electron chi connectivity index (χ0n) is 19.3. The lowest BCUT2D eigenvalue weighted by atomic mass is 9.88. The lowest BCUT2D eigenvalue weighted by Gasteiger charge is -2.20. The van der Waals surface area contributed by atoms with Crippen molar-refractivity contribution in [2.45, 2.75) is 18.4 Å². The summed E-state index contributed by atoms with van der Waals surface area (Å²) in [5.74, 6) is 0.751. The van der Waals surface area contributed by atoms with E-state index in [9.17, 15) is 14.7 Å². The normalized spacial score (nSPS) is 11.6. The molecule has 35 heavy (non-hydrogen) atoms. The maximum atomic E-state index is 11.1. The maximum absolute atomic E-state index is 11.1. The summed E-state index contributed by atoms with van der Waals surface area (Å²) >= 11 is 0. The summed E-state index contributed by atoms with van der Waals surface area (Å²) in [6.07, 6.45) is 0.101. The lowest BCUT2D eigenvalue weighted by molar-refractivity contribution is 0.106. The van der Waals surface area contributed by atoms with E-state index >= 15 is 0 Å². The molecule has 3 rings (SSSR count). The number of ether oxygens (including phenoxy) is 1. The monoisotopic (exact) mass is 477 g/mol. The molecule has 0 saturated carbocycles. The van der Waals surface area contributed by atoms with Gasteiger partial charge in [0.15, 0.2) is 0 Å². The number of carbonyl (C=O) groups is 2. The quantitative estimate of drug-likeness (QED) is 0.221. The second-order valence-corrected chi connectivity index (χ2v) is 8.05. The molecule has 9 nitrogen and oxygen atoms in total. The Labute approximate surface area is 204 Å². The van der Waals surface area contributed by atoms with Crippen LogP contribution in [0.25, 0.3) is 0 Å². The van der Waals surface area contributed by atoms with Gasteiger partial charge in [-0.1, -0.05) is 42.5 Å². The van der Waals surface area contributed by atoms with Crippen LogP contribution in [0.15, 0.2) is 78.9 Å². The summed E-state index contributed by atoms with van der Waals surface area (Å²) in [4.78, 5) is 22.2. The van der Waals surface area contributed by atoms with E-state index in [4.69, 9.17) is 16.2 Å². The van der Waals surface area contributed by atoms with Crippen molar-refractivity contribution in [2.24, 2.45) is 11.5 Å². The molecular weight excluding hydrogens is 446 g/mol. The minimum atomic E-state index is -0.646. The largest absolute Gasteiger partial charge is 0.491 e. The van der Waals surface area contributed by atoms with Crippen LogP contribution in [0, 0.1) is 0 Å². The third-order valence-electron chi connectivity index (χ3n) is 5.34. The van der Waals surface area contributed by atoms with Crippen LogP contribution in [0.4, 0.5) is 21.0 Å². The minimum Gasteiger partial charge on any atom is -0.491 e. The van der Waals surface area contributed by atoms with Gasteiger partial charge in [0.2, 0.25) is 0 Å². The molecule has 4 amide bonds. The number of rotatable bonds is 12. The second-order valence-electron chi connectivity index (χ2n) is 8.05. The number of anilines is 2. The van der Waals surface area contributed by atoms with Gasteiger partial charge >= 0.3 is 12.1 Å². The van der Waals surface area contributed by atoms with Crippen LogP contribution in [0.5, 0.6) is 5.75 Å². The van der Waals surface area contributed by atoms with Crippen molar-refractivity contribution in [1.82, 2.24) is 5.32 Å². The average molecular weight is 478 g/mol. The van der Waals surface area contributed by atoms with Gasteiger partial charge in [-0.15, -0.1) is 0 Å². The fraction of sp³-hybridized carbons (Fsp3) is 0.231. The highest BCUT2D eigenvalue weighted by Gasteiger charge is 2.15. The van der Waals surface area contributed by atoms with E-state index in [0.717, 1.165) is 23.3 Å². The highest BCUT2D eigenvalue weighted by atomic mass is 16.5. The first-order chi connectivity index (χ1) is 16.9. The molecule has 3 aromatic rings. The van der Waals surface area contributed by atoms with Gasteiger partial charge in [-0.05, 0) is 60.5 Å². The SMILES string of the molecule is NC(=O)Nc1ccc(C(CCNC[C@H](O)COc2ccccc2)c2ccc(NC(N)=O)cc2)cc1. The third kappa shape index (κ3) is 8.65. The molecule has 184 valence electrons. The van der Waals surface area contributed by atoms with E-state index in [1.54, 1.807) is 24.3 Å². The van der Waals surface area contributed by atoms with Crippen molar-refractivity contribution in [3.63, 3.8) is 0 Å². The molecule has 0 unspecified atom stereocenters. The Morgan fingerprint density at radius 1 is 0.800 bits per heavy atom. The van der Waals surface area contributed by atoms with Crippen molar-refractivity contribution < 1.29 is 19.4 Å². The van der Waals surface area contributed by atoms with Gasteiger partial charge in [-0.2, -0.15) is 0 Å². The number of aliphatic hydroxyl groups excluding tert-OH is 1. The van der Waals surface area contributed by atoms with E-state index in [1.807, 2.05) is 54.6 Å². The summed E-state index contributed by atoms with van der Waals surface area (Å²) in [5.41, 5.74) is 13.7. The number of hydrogen-bond acceptors (Lipinski definition) is 5. The predicted molar refractivity (Wildman–Crippen MR) is 137 cm³/mol. The topological polar surface area (TPSA) is 152 Å². The van der Waals surface area contributed by atoms with Crippen molar-refractivity contribution in [3.05, 3.63) is 90.0 Å². The smallest absolute Gasteiger partial charge is 0.316 e. The molecule has 0 aliphatic carbocycles. The molecule has 0 heterocycles. The molecule has 1 atom stereocenters. The second kappa shape index (κ2) is 13.0. The van der Waals surface area contributed by atoms with E-state index < -0.39 is 18.2 Å². The maximum Gasteiger partial charge on any atom is 0.316 e. The first-order valence-electron chi connectivity index (χ1n) is 11.3. The minimum absolute atomic E-state index is 0.0328. The fourth-order valence-electron chi connectivity index (χ4n) is 3.69. The molecule has 0 aromatic heterocycles. The van der Waals surface area contributed by atoms with Gasteiger partial charge in [0.25, 0.3) is 0 Å². The Kier molecular flexibility index (Phi) is 9.47. The Bertz CT molecular complexity index is 1020. The number of hydrogen-bond donors (Lipinski definition) is 6. The molecule has 9 heteroatoms. The number of primary amides is 2. The molecule has 8 N–H and O–H groups in total. The van der Waals surface area contributed by atoms with Gasteiger partial charge in [-0.25, -0.2) is 9.59 Å². The van der Waals surface area contributed by atoms with E-state index in [-0.39, 0.29) is 12.5 Å². The Morgan fingerprint density at radius 2 is 1.31 bits per heavy atom. The van der Waals surface area contributed by atoms with Crippen LogP contribution in [0.2, 0.25) is 0 Å². The fourth-order valence-corrected chi connectivity index (χ4v) is 3.69. The zero-order chi connectivity index (χ0) is 25.0. The average Bonchev–Trinajstić information content (AvgIpc) is 2.84. The summed E-state index contributed by atoms with van der Waals surface area (Å²) in [7, 11) is 0. The molecule has 0 fully saturated rings. The zero-order valence-corrected chi connectivity index (χ0v) is 19.3. The number of nitrogens with one attached hydrogen (secondary N) is 3. The molecule has 0 bridgehead atoms. The highest BCUT2D eigenvalue weighted by Crippen LogP contribution is 2.29. The van der Waals surface area contributed by atoms with Gasteiger partial charge in [0.1, 0.15) is 18.5 Å². The van der Waals surface area contributed by atoms with Crippen LogP contribution < -0.4 is 32.2 Å². The third-order valence-corrected chi connectivity index (χ3v) is 5.34. The van der Waals surface area contributed by atoms with Crippen LogP contribution in [-0.4, -0.2) is 43.0 Å². The van der Waals surface area contributed by atoms with Gasteiger partial charge in [0.05, 0.1) is 0 Å². The number of amides is 4. The first-order valence-corrected chi connectivity index (χ1v) is 11.3. The van der Waals surface area contributed by atoms with Crippen molar-refractivity contribution >= 4 is 23.4 Å². The summed E-state index contributed by atoms with van der Waals surface area (Å²) in [5, 5.41) is 18.6. The Balaban J connectivity index is 1.60. The van der Waals surface area contributed by atoms with Crippen molar-refractivity contribution in [3.8, 4) is 5.75 Å². The number of para-hydroxylation sites is 1. The van der Waals surface area contributed by atoms with E-state index in [2.05, 4.69) is 16.0 Å². The van der Waals surface area contributed by atoms with Crippen LogP contribution in [0.3, 0.4) is 0 Å². The molecular formula is C26H31N5O4. The Morgan fingerprint density at radius 3 is 1.80 bits per heavy atom. The van der Waals surface area contributed by atoms with Gasteiger partial charge < -0.3 is 37.3 Å². The Hall–Kier alpha value is -4.08. The lowest BCUT2D eigenvalue weighted by Crippen LogP contribution is -2.32. The van der Waals surface area contributed by atoms with Gasteiger partial charge in [0, 0.05) is 23.8 Å². The summed E-state index contributed by atoms with van der Waals surface area (Å²) < 4.78 is 5.59. The number of benzene rings is 3. The van der Waals surface area contributed by atoms with E-state index in [1.165, 1.54) is 0 Å². The van der Waals surface area contributed by atoms with Gasteiger partial charge in [-0.3, -0.25) is 0 Å². The predicted octanol–water partition coefficient (Wildman–Crippen LogP) is 3.22. The molecule has 0 saturated heterocycles. The molecule has 0 aliphatic rings. The van der Waals surface area contributed by atoms with E-state index in [0.29, 0.717) is 24.5 Å². The summed E-state index contributed by atoms with van der Waals surface area (Å²) in [6, 6.07) is 23.1. The highest BCUT2D eigenvalue weighted by molar-refractivity contribution is 5.88. The van der Waals surface area contributed by atoms with Crippen molar-refractivity contribution in [2.75, 3.05) is 30.3 Å². The van der Waals surface area contributed by atoms with Crippen LogP contribution in [0.1, 0.15) is 23.5 Å².